The zero-order valence-corrected chi connectivity index (χ0v) is 12.2. The van der Waals surface area contributed by atoms with E-state index in [-0.39, 0.29) is 11.4 Å². The van der Waals surface area contributed by atoms with Gasteiger partial charge < -0.3 is 10.2 Å². The number of hydrogen-bond acceptors (Lipinski definition) is 2. The van der Waals surface area contributed by atoms with Crippen molar-refractivity contribution in [3.05, 3.63) is 29.8 Å². The molecule has 0 aliphatic heterocycles. The number of nitrogens with one attached hydrogen (secondary N) is 1. The predicted molar refractivity (Wildman–Crippen MR) is 79.5 cm³/mol. The van der Waals surface area contributed by atoms with Crippen molar-refractivity contribution in [2.24, 2.45) is 0 Å². The molecule has 0 spiro atoms. The summed E-state index contributed by atoms with van der Waals surface area (Å²) in [6.07, 6.45) is 5.39. The van der Waals surface area contributed by atoms with Crippen LogP contribution >= 0.6 is 0 Å². The molecule has 0 saturated heterocycles. The molecular weight excluding hydrogens is 236 g/mol. The fourth-order valence-electron chi connectivity index (χ4n) is 3.00. The Morgan fingerprint density at radius 3 is 2.53 bits per heavy atom. The van der Waals surface area contributed by atoms with Crippen molar-refractivity contribution >= 4 is 11.6 Å². The first-order valence-electron chi connectivity index (χ1n) is 7.13. The molecule has 19 heavy (non-hydrogen) atoms. The molecule has 1 aromatic rings. The molecular formula is C16H24N2O. The summed E-state index contributed by atoms with van der Waals surface area (Å²) in [4.78, 5) is 14.6. The Bertz CT molecular complexity index is 450. The van der Waals surface area contributed by atoms with Gasteiger partial charge in [0.15, 0.2) is 0 Å². The van der Waals surface area contributed by atoms with Crippen LogP contribution < -0.4 is 10.2 Å². The van der Waals surface area contributed by atoms with E-state index < -0.39 is 0 Å². The number of amides is 1. The van der Waals surface area contributed by atoms with Crippen molar-refractivity contribution < 1.29 is 4.79 Å². The van der Waals surface area contributed by atoms with Crippen molar-refractivity contribution in [1.82, 2.24) is 5.32 Å². The van der Waals surface area contributed by atoms with Crippen LogP contribution in [0.25, 0.3) is 0 Å². The molecule has 3 nitrogen and oxygen atoms in total. The third kappa shape index (κ3) is 2.81. The lowest BCUT2D eigenvalue weighted by molar-refractivity contribution is -0.125. The molecule has 1 saturated carbocycles. The Hall–Kier alpha value is -1.35. The van der Waals surface area contributed by atoms with E-state index in [4.69, 9.17) is 0 Å². The largest absolute Gasteiger partial charge is 0.314 e. The Balaban J connectivity index is 2.22. The summed E-state index contributed by atoms with van der Waals surface area (Å²) in [6, 6.07) is 8.11. The Morgan fingerprint density at radius 2 is 1.95 bits per heavy atom. The average molecular weight is 260 g/mol. The quantitative estimate of drug-likeness (QED) is 0.906. The predicted octanol–water partition coefficient (Wildman–Crippen LogP) is 2.88. The zero-order valence-electron chi connectivity index (χ0n) is 12.2. The monoisotopic (exact) mass is 260 g/mol. The summed E-state index contributed by atoms with van der Waals surface area (Å²) < 4.78 is 0. The van der Waals surface area contributed by atoms with Crippen LogP contribution in [0.1, 0.15) is 37.7 Å². The Labute approximate surface area is 116 Å². The van der Waals surface area contributed by atoms with Crippen molar-refractivity contribution in [3.63, 3.8) is 0 Å². The van der Waals surface area contributed by atoms with Crippen LogP contribution in [-0.2, 0) is 4.79 Å². The van der Waals surface area contributed by atoms with Gasteiger partial charge >= 0.3 is 0 Å². The number of carbonyl (C=O) groups excluding carboxylic acids is 1. The molecule has 0 unspecified atom stereocenters. The second-order valence-electron chi connectivity index (χ2n) is 5.60. The van der Waals surface area contributed by atoms with Gasteiger partial charge in [0.05, 0.1) is 5.54 Å². The molecule has 1 amide bonds. The van der Waals surface area contributed by atoms with Gasteiger partial charge in [-0.2, -0.15) is 0 Å². The van der Waals surface area contributed by atoms with Crippen LogP contribution in [0.3, 0.4) is 0 Å². The van der Waals surface area contributed by atoms with Crippen molar-refractivity contribution in [2.75, 3.05) is 19.0 Å². The highest BCUT2D eigenvalue weighted by atomic mass is 16.2. The van der Waals surface area contributed by atoms with Crippen LogP contribution in [0.4, 0.5) is 5.69 Å². The van der Waals surface area contributed by atoms with E-state index in [2.05, 4.69) is 24.4 Å². The molecule has 0 heterocycles. The number of nitrogens with zero attached hydrogens (tertiary/aromatic N) is 1. The second-order valence-corrected chi connectivity index (χ2v) is 5.60. The molecule has 1 aliphatic carbocycles. The zero-order chi connectivity index (χ0) is 13.9. The molecule has 1 N–H and O–H groups in total. The SMILES string of the molecule is CNC1(C(=O)N(C)c2cccc(C)c2)CCCCC1. The number of rotatable bonds is 3. The molecule has 0 aromatic heterocycles. The summed E-state index contributed by atoms with van der Waals surface area (Å²) in [6.45, 7) is 2.05. The molecule has 3 heteroatoms. The lowest BCUT2D eigenvalue weighted by Gasteiger charge is -2.38. The number of hydrogen-bond donors (Lipinski definition) is 1. The first kappa shape index (κ1) is 14.1. The Morgan fingerprint density at radius 1 is 1.26 bits per heavy atom. The van der Waals surface area contributed by atoms with Gasteiger partial charge in [-0.3, -0.25) is 4.79 Å². The maximum absolute atomic E-state index is 12.8. The van der Waals surface area contributed by atoms with Crippen LogP contribution in [0.5, 0.6) is 0 Å². The maximum Gasteiger partial charge on any atom is 0.247 e. The standard InChI is InChI=1S/C16H24N2O/c1-13-8-7-9-14(12-13)18(3)15(19)16(17-2)10-5-4-6-11-16/h7-9,12,17H,4-6,10-11H2,1-3H3. The summed E-state index contributed by atoms with van der Waals surface area (Å²) in [7, 11) is 3.79. The van der Waals surface area contributed by atoms with Gasteiger partial charge in [0, 0.05) is 12.7 Å². The number of likely N-dealkylation sites (N-methyl/N-ethyl adjacent to an activating group) is 2. The second kappa shape index (κ2) is 5.74. The lowest BCUT2D eigenvalue weighted by atomic mass is 9.80. The molecule has 1 aliphatic rings. The summed E-state index contributed by atoms with van der Waals surface area (Å²) >= 11 is 0. The van der Waals surface area contributed by atoms with Gasteiger partial charge in [0.25, 0.3) is 0 Å². The van der Waals surface area contributed by atoms with Gasteiger partial charge in [-0.15, -0.1) is 0 Å². The van der Waals surface area contributed by atoms with E-state index in [1.165, 1.54) is 12.0 Å². The number of benzene rings is 1. The molecule has 1 aromatic carbocycles. The minimum atomic E-state index is -0.364. The third-order valence-electron chi connectivity index (χ3n) is 4.29. The van der Waals surface area contributed by atoms with E-state index in [9.17, 15) is 4.79 Å². The average Bonchev–Trinajstić information content (AvgIpc) is 2.46. The highest BCUT2D eigenvalue weighted by molar-refractivity contribution is 5.99. The van der Waals surface area contributed by atoms with Crippen LogP contribution in [-0.4, -0.2) is 25.5 Å². The highest BCUT2D eigenvalue weighted by Crippen LogP contribution is 2.31. The summed E-state index contributed by atoms with van der Waals surface area (Å²) in [5, 5.41) is 3.29. The molecule has 1 fully saturated rings. The van der Waals surface area contributed by atoms with Crippen LogP contribution in [0.15, 0.2) is 24.3 Å². The van der Waals surface area contributed by atoms with Gasteiger partial charge in [-0.05, 0) is 44.5 Å². The van der Waals surface area contributed by atoms with E-state index in [0.717, 1.165) is 31.4 Å². The minimum absolute atomic E-state index is 0.195. The molecule has 2 rings (SSSR count). The molecule has 104 valence electrons. The smallest absolute Gasteiger partial charge is 0.247 e. The summed E-state index contributed by atoms with van der Waals surface area (Å²) in [5.41, 5.74) is 1.79. The van der Waals surface area contributed by atoms with Gasteiger partial charge in [-0.1, -0.05) is 31.4 Å². The van der Waals surface area contributed by atoms with Gasteiger partial charge in [-0.25, -0.2) is 0 Å². The van der Waals surface area contributed by atoms with E-state index in [0.29, 0.717) is 0 Å². The maximum atomic E-state index is 12.8. The Kier molecular flexibility index (Phi) is 4.25. The fraction of sp³-hybridized carbons (Fsp3) is 0.562. The number of aryl methyl sites for hydroxylation is 1. The first-order valence-corrected chi connectivity index (χ1v) is 7.13. The fourth-order valence-corrected chi connectivity index (χ4v) is 3.00. The number of carbonyl (C=O) groups is 1. The lowest BCUT2D eigenvalue weighted by Crippen LogP contribution is -2.57. The van der Waals surface area contributed by atoms with E-state index in [1.807, 2.05) is 26.2 Å². The van der Waals surface area contributed by atoms with Crippen molar-refractivity contribution in [1.29, 1.82) is 0 Å². The van der Waals surface area contributed by atoms with Crippen molar-refractivity contribution in [2.45, 2.75) is 44.6 Å². The van der Waals surface area contributed by atoms with Crippen LogP contribution in [0, 0.1) is 6.92 Å². The topological polar surface area (TPSA) is 32.3 Å². The van der Waals surface area contributed by atoms with Crippen LogP contribution in [0.2, 0.25) is 0 Å². The highest BCUT2D eigenvalue weighted by Gasteiger charge is 2.40. The third-order valence-corrected chi connectivity index (χ3v) is 4.29. The van der Waals surface area contributed by atoms with Crippen molar-refractivity contribution in [3.8, 4) is 0 Å². The van der Waals surface area contributed by atoms with E-state index >= 15 is 0 Å². The minimum Gasteiger partial charge on any atom is -0.314 e. The normalized spacial score (nSPS) is 18.1. The van der Waals surface area contributed by atoms with Gasteiger partial charge in [0.1, 0.15) is 0 Å². The molecule has 0 bridgehead atoms. The first-order chi connectivity index (χ1) is 9.09. The van der Waals surface area contributed by atoms with Gasteiger partial charge in [0.2, 0.25) is 5.91 Å². The molecule has 0 atom stereocenters. The summed E-state index contributed by atoms with van der Waals surface area (Å²) in [5.74, 6) is 0.195. The number of anilines is 1. The van der Waals surface area contributed by atoms with E-state index in [1.54, 1.807) is 4.90 Å². The molecule has 0 radical (unpaired) electrons.